The molecular weight excluding hydrogens is 294 g/mol. The quantitative estimate of drug-likeness (QED) is 0.686. The molecular formula is C14H24BrNS. The number of aliphatic imine (C=N–C) groups is 1. The van der Waals surface area contributed by atoms with Crippen LogP contribution in [0.2, 0.25) is 0 Å². The number of halogens is 1. The van der Waals surface area contributed by atoms with Crippen LogP contribution in [-0.4, -0.2) is 22.8 Å². The van der Waals surface area contributed by atoms with Crippen molar-refractivity contribution in [3.8, 4) is 0 Å². The lowest BCUT2D eigenvalue weighted by Crippen LogP contribution is -2.35. The third kappa shape index (κ3) is 3.28. The van der Waals surface area contributed by atoms with Crippen molar-refractivity contribution in [3.05, 3.63) is 0 Å². The highest BCUT2D eigenvalue weighted by atomic mass is 79.9. The Morgan fingerprint density at radius 3 is 2.41 bits per heavy atom. The Hall–Kier alpha value is 0.500. The maximum atomic E-state index is 5.12. The molecule has 0 amide bonds. The zero-order valence-electron chi connectivity index (χ0n) is 10.6. The summed E-state index contributed by atoms with van der Waals surface area (Å²) in [7, 11) is 0. The summed E-state index contributed by atoms with van der Waals surface area (Å²) in [6, 6.07) is 0.699. The summed E-state index contributed by atoms with van der Waals surface area (Å²) in [4.78, 5) is 5.12. The molecule has 0 saturated heterocycles. The van der Waals surface area contributed by atoms with Crippen molar-refractivity contribution < 1.29 is 0 Å². The Balaban J connectivity index is 0.00000108. The van der Waals surface area contributed by atoms with Gasteiger partial charge in [-0.05, 0) is 31.6 Å². The second-order valence-corrected chi connectivity index (χ2v) is 6.88. The van der Waals surface area contributed by atoms with E-state index in [9.17, 15) is 0 Å². The number of nitrogens with zero attached hydrogens (tertiary/aromatic N) is 1. The van der Waals surface area contributed by atoms with Crippen LogP contribution in [0.25, 0.3) is 0 Å². The standard InChI is InChI=1S/C14H23NS.BrH/c1-2-6-11(7-3-1)13-10-16-14-9-5-4-8-12(14)15-13;/h11-12,14H,1-10H2;1H. The number of hydrogen-bond acceptors (Lipinski definition) is 2. The Morgan fingerprint density at radius 1 is 0.882 bits per heavy atom. The predicted octanol–water partition coefficient (Wildman–Crippen LogP) is 4.64. The maximum Gasteiger partial charge on any atom is 0.0618 e. The fourth-order valence-corrected chi connectivity index (χ4v) is 4.97. The van der Waals surface area contributed by atoms with Gasteiger partial charge < -0.3 is 0 Å². The third-order valence-corrected chi connectivity index (χ3v) is 5.96. The van der Waals surface area contributed by atoms with Crippen LogP contribution in [0.1, 0.15) is 57.8 Å². The average molecular weight is 318 g/mol. The summed E-state index contributed by atoms with van der Waals surface area (Å²) >= 11 is 2.22. The molecule has 2 unspecified atom stereocenters. The summed E-state index contributed by atoms with van der Waals surface area (Å²) in [6.07, 6.45) is 12.9. The van der Waals surface area contributed by atoms with E-state index in [2.05, 4.69) is 11.8 Å². The van der Waals surface area contributed by atoms with E-state index in [1.807, 2.05) is 0 Å². The highest BCUT2D eigenvalue weighted by Gasteiger charge is 2.31. The summed E-state index contributed by atoms with van der Waals surface area (Å²) in [5.41, 5.74) is 1.59. The van der Waals surface area contributed by atoms with Crippen molar-refractivity contribution in [2.75, 3.05) is 5.75 Å². The minimum atomic E-state index is 0. The van der Waals surface area contributed by atoms with E-state index in [0.29, 0.717) is 6.04 Å². The number of hydrogen-bond donors (Lipinski definition) is 0. The van der Waals surface area contributed by atoms with Gasteiger partial charge in [0.2, 0.25) is 0 Å². The van der Waals surface area contributed by atoms with Gasteiger partial charge in [0.25, 0.3) is 0 Å². The van der Waals surface area contributed by atoms with Gasteiger partial charge in [-0.3, -0.25) is 4.99 Å². The maximum absolute atomic E-state index is 5.12. The summed E-state index contributed by atoms with van der Waals surface area (Å²) < 4.78 is 0. The lowest BCUT2D eigenvalue weighted by molar-refractivity contribution is 0.422. The molecule has 2 fully saturated rings. The Morgan fingerprint density at radius 2 is 1.59 bits per heavy atom. The molecule has 1 nitrogen and oxygen atoms in total. The van der Waals surface area contributed by atoms with E-state index < -0.39 is 0 Å². The van der Waals surface area contributed by atoms with Crippen molar-refractivity contribution in [2.24, 2.45) is 10.9 Å². The monoisotopic (exact) mass is 317 g/mol. The van der Waals surface area contributed by atoms with Gasteiger partial charge in [-0.2, -0.15) is 11.8 Å². The van der Waals surface area contributed by atoms with Crippen molar-refractivity contribution in [2.45, 2.75) is 69.1 Å². The van der Waals surface area contributed by atoms with Crippen molar-refractivity contribution in [3.63, 3.8) is 0 Å². The molecule has 3 heteroatoms. The van der Waals surface area contributed by atoms with Gasteiger partial charge in [0.05, 0.1) is 6.04 Å². The number of fused-ring (bicyclic) bond motifs is 1. The molecule has 0 bridgehead atoms. The molecule has 0 N–H and O–H groups in total. The van der Waals surface area contributed by atoms with Gasteiger partial charge in [0.15, 0.2) is 0 Å². The fourth-order valence-electron chi connectivity index (χ4n) is 3.52. The molecule has 17 heavy (non-hydrogen) atoms. The van der Waals surface area contributed by atoms with E-state index in [1.165, 1.54) is 63.5 Å². The number of rotatable bonds is 1. The molecule has 1 heterocycles. The van der Waals surface area contributed by atoms with Gasteiger partial charge in [-0.1, -0.05) is 32.1 Å². The first-order valence-electron chi connectivity index (χ1n) is 7.11. The second kappa shape index (κ2) is 6.60. The molecule has 3 rings (SSSR count). The second-order valence-electron chi connectivity index (χ2n) is 5.66. The highest BCUT2D eigenvalue weighted by Crippen LogP contribution is 2.37. The minimum absolute atomic E-state index is 0. The lowest BCUT2D eigenvalue weighted by Gasteiger charge is -2.35. The SMILES string of the molecule is Br.C1CCC(C2=NC3CCCCC3SC2)CC1. The molecule has 2 aliphatic carbocycles. The van der Waals surface area contributed by atoms with Crippen LogP contribution >= 0.6 is 28.7 Å². The Kier molecular flexibility index (Phi) is 5.41. The average Bonchev–Trinajstić information content (AvgIpc) is 2.39. The molecule has 3 aliphatic rings. The predicted molar refractivity (Wildman–Crippen MR) is 82.8 cm³/mol. The van der Waals surface area contributed by atoms with Crippen LogP contribution in [0.3, 0.4) is 0 Å². The molecule has 0 aromatic rings. The van der Waals surface area contributed by atoms with Crippen LogP contribution < -0.4 is 0 Å². The van der Waals surface area contributed by atoms with Crippen molar-refractivity contribution in [1.29, 1.82) is 0 Å². The summed E-state index contributed by atoms with van der Waals surface area (Å²) in [5.74, 6) is 2.12. The van der Waals surface area contributed by atoms with Crippen LogP contribution in [-0.2, 0) is 0 Å². The van der Waals surface area contributed by atoms with Gasteiger partial charge in [0, 0.05) is 16.7 Å². The molecule has 0 aromatic carbocycles. The first kappa shape index (κ1) is 13.9. The summed E-state index contributed by atoms with van der Waals surface area (Å²) in [5, 5.41) is 0.876. The molecule has 2 saturated carbocycles. The topological polar surface area (TPSA) is 12.4 Å². The van der Waals surface area contributed by atoms with E-state index in [4.69, 9.17) is 4.99 Å². The normalized spacial score (nSPS) is 34.5. The van der Waals surface area contributed by atoms with E-state index in [-0.39, 0.29) is 17.0 Å². The van der Waals surface area contributed by atoms with Gasteiger partial charge in [0.1, 0.15) is 0 Å². The highest BCUT2D eigenvalue weighted by molar-refractivity contribution is 8.93. The largest absolute Gasteiger partial charge is 0.288 e. The molecule has 0 aromatic heterocycles. The van der Waals surface area contributed by atoms with Gasteiger partial charge in [-0.25, -0.2) is 0 Å². The molecule has 0 spiro atoms. The Labute approximate surface area is 120 Å². The van der Waals surface area contributed by atoms with Crippen molar-refractivity contribution >= 4 is 34.5 Å². The van der Waals surface area contributed by atoms with Crippen LogP contribution in [0.5, 0.6) is 0 Å². The first-order chi connectivity index (χ1) is 7.93. The minimum Gasteiger partial charge on any atom is -0.288 e. The van der Waals surface area contributed by atoms with Gasteiger partial charge >= 0.3 is 0 Å². The number of thioether (sulfide) groups is 1. The lowest BCUT2D eigenvalue weighted by atomic mass is 9.85. The fraction of sp³-hybridized carbons (Fsp3) is 0.929. The van der Waals surface area contributed by atoms with E-state index in [0.717, 1.165) is 11.2 Å². The van der Waals surface area contributed by atoms with Crippen molar-refractivity contribution in [1.82, 2.24) is 0 Å². The smallest absolute Gasteiger partial charge is 0.0618 e. The first-order valence-corrected chi connectivity index (χ1v) is 8.16. The third-order valence-electron chi connectivity index (χ3n) is 4.52. The Bertz CT molecular complexity index is 273. The molecule has 1 aliphatic heterocycles. The molecule has 98 valence electrons. The van der Waals surface area contributed by atoms with Crippen LogP contribution in [0, 0.1) is 5.92 Å². The summed E-state index contributed by atoms with van der Waals surface area (Å²) in [6.45, 7) is 0. The van der Waals surface area contributed by atoms with Crippen LogP contribution in [0.15, 0.2) is 4.99 Å². The molecule has 0 radical (unpaired) electrons. The van der Waals surface area contributed by atoms with Gasteiger partial charge in [-0.15, -0.1) is 17.0 Å². The van der Waals surface area contributed by atoms with E-state index in [1.54, 1.807) is 5.71 Å². The molecule has 2 atom stereocenters. The zero-order chi connectivity index (χ0) is 10.8. The van der Waals surface area contributed by atoms with Crippen LogP contribution in [0.4, 0.5) is 0 Å². The van der Waals surface area contributed by atoms with E-state index >= 15 is 0 Å². The zero-order valence-corrected chi connectivity index (χ0v) is 13.1.